The van der Waals surface area contributed by atoms with Gasteiger partial charge in [-0.15, -0.1) is 0 Å². The molecule has 0 aliphatic rings. The normalized spacial score (nSPS) is 10.2. The first-order valence-electron chi connectivity index (χ1n) is 8.35. The van der Waals surface area contributed by atoms with Crippen molar-refractivity contribution in [1.29, 1.82) is 0 Å². The third-order valence-corrected chi connectivity index (χ3v) is 3.79. The smallest absolute Gasteiger partial charge is 0.323 e. The highest BCUT2D eigenvalue weighted by Crippen LogP contribution is 2.23. The molecular weight excluding hydrogens is 344 g/mol. The minimum atomic E-state index is -0.383. The summed E-state index contributed by atoms with van der Waals surface area (Å²) in [5, 5.41) is 5.54. The number of anilines is 2. The summed E-state index contributed by atoms with van der Waals surface area (Å²) in [7, 11) is 1.59. The van der Waals surface area contributed by atoms with E-state index in [0.29, 0.717) is 28.5 Å². The molecule has 0 aliphatic heterocycles. The van der Waals surface area contributed by atoms with Crippen LogP contribution in [0.4, 0.5) is 16.2 Å². The van der Waals surface area contributed by atoms with Gasteiger partial charge in [0.25, 0.3) is 0 Å². The molecule has 2 aromatic carbocycles. The molecule has 0 bridgehead atoms. The van der Waals surface area contributed by atoms with Crippen molar-refractivity contribution in [2.75, 3.05) is 17.7 Å². The number of hydrogen-bond acceptors (Lipinski definition) is 5. The minimum absolute atomic E-state index is 0.234. The van der Waals surface area contributed by atoms with Crippen LogP contribution in [-0.2, 0) is 0 Å². The van der Waals surface area contributed by atoms with Crippen LogP contribution in [0.2, 0.25) is 0 Å². The molecule has 0 aliphatic carbocycles. The Kier molecular flexibility index (Phi) is 5.51. The number of aromatic nitrogens is 2. The summed E-state index contributed by atoms with van der Waals surface area (Å²) in [6.07, 6.45) is 0. The highest BCUT2D eigenvalue weighted by molar-refractivity contribution is 6.00. The van der Waals surface area contributed by atoms with Crippen LogP contribution < -0.4 is 20.1 Å². The van der Waals surface area contributed by atoms with Crippen molar-refractivity contribution in [2.45, 2.75) is 13.8 Å². The molecule has 3 rings (SSSR count). The number of carbonyl (C=O) groups excluding carboxylic acids is 1. The van der Waals surface area contributed by atoms with Crippen molar-refractivity contribution in [3.05, 3.63) is 66.0 Å². The Labute approximate surface area is 157 Å². The van der Waals surface area contributed by atoms with Gasteiger partial charge in [-0.25, -0.2) is 4.79 Å². The fraction of sp³-hybridized carbons (Fsp3) is 0.150. The molecule has 2 amide bonds. The van der Waals surface area contributed by atoms with E-state index in [-0.39, 0.29) is 12.0 Å². The predicted molar refractivity (Wildman–Crippen MR) is 104 cm³/mol. The van der Waals surface area contributed by atoms with Crippen LogP contribution in [0.3, 0.4) is 0 Å². The van der Waals surface area contributed by atoms with E-state index in [9.17, 15) is 4.79 Å². The van der Waals surface area contributed by atoms with Crippen molar-refractivity contribution >= 4 is 17.4 Å². The number of para-hydroxylation sites is 1. The van der Waals surface area contributed by atoms with Gasteiger partial charge in [-0.3, -0.25) is 0 Å². The maximum atomic E-state index is 12.3. The number of carbonyl (C=O) groups is 1. The van der Waals surface area contributed by atoms with Crippen LogP contribution >= 0.6 is 0 Å². The predicted octanol–water partition coefficient (Wildman–Crippen LogP) is 4.54. The van der Waals surface area contributed by atoms with E-state index in [2.05, 4.69) is 20.6 Å². The zero-order valence-corrected chi connectivity index (χ0v) is 15.3. The third-order valence-electron chi connectivity index (χ3n) is 3.79. The van der Waals surface area contributed by atoms with Crippen molar-refractivity contribution in [3.8, 4) is 17.5 Å². The Balaban J connectivity index is 1.69. The number of nitrogens with zero attached hydrogens (tertiary/aromatic N) is 2. The maximum absolute atomic E-state index is 12.3. The number of hydrogen-bond donors (Lipinski definition) is 2. The molecule has 138 valence electrons. The summed E-state index contributed by atoms with van der Waals surface area (Å²) in [5.41, 5.74) is 2.41. The molecule has 1 heterocycles. The summed E-state index contributed by atoms with van der Waals surface area (Å²) in [6, 6.07) is 16.2. The lowest BCUT2D eigenvalue weighted by atomic mass is 10.3. The number of urea groups is 1. The molecule has 0 atom stereocenters. The Morgan fingerprint density at radius 1 is 0.852 bits per heavy atom. The van der Waals surface area contributed by atoms with Gasteiger partial charge in [-0.1, -0.05) is 18.2 Å². The number of rotatable bonds is 5. The Morgan fingerprint density at radius 2 is 1.48 bits per heavy atom. The van der Waals surface area contributed by atoms with Crippen molar-refractivity contribution in [3.63, 3.8) is 0 Å². The second-order valence-electron chi connectivity index (χ2n) is 5.77. The number of ether oxygens (including phenoxy) is 2. The zero-order chi connectivity index (χ0) is 19.2. The van der Waals surface area contributed by atoms with E-state index in [1.54, 1.807) is 45.2 Å². The van der Waals surface area contributed by atoms with E-state index in [1.165, 1.54) is 0 Å². The number of methoxy groups -OCH3 is 1. The molecule has 0 saturated heterocycles. The van der Waals surface area contributed by atoms with Crippen LogP contribution in [0.5, 0.6) is 17.5 Å². The van der Waals surface area contributed by atoms with E-state index < -0.39 is 0 Å². The third kappa shape index (κ3) is 4.72. The molecule has 0 saturated carbocycles. The average Bonchev–Trinajstić information content (AvgIpc) is 2.66. The second kappa shape index (κ2) is 8.18. The van der Waals surface area contributed by atoms with Gasteiger partial charge in [0.2, 0.25) is 0 Å². The largest absolute Gasteiger partial charge is 0.497 e. The Morgan fingerprint density at radius 3 is 2.07 bits per heavy atom. The highest BCUT2D eigenvalue weighted by Gasteiger charge is 2.13. The van der Waals surface area contributed by atoms with Gasteiger partial charge in [0.15, 0.2) is 0 Å². The second-order valence-corrected chi connectivity index (χ2v) is 5.77. The molecule has 0 spiro atoms. The van der Waals surface area contributed by atoms with Crippen LogP contribution in [0.1, 0.15) is 11.4 Å². The first-order valence-corrected chi connectivity index (χ1v) is 8.35. The first kappa shape index (κ1) is 18.2. The van der Waals surface area contributed by atoms with Crippen LogP contribution in [0.25, 0.3) is 0 Å². The summed E-state index contributed by atoms with van der Waals surface area (Å²) < 4.78 is 10.8. The average molecular weight is 364 g/mol. The van der Waals surface area contributed by atoms with E-state index >= 15 is 0 Å². The lowest BCUT2D eigenvalue weighted by Gasteiger charge is -2.13. The molecule has 0 unspecified atom stereocenters. The number of amides is 2. The number of benzene rings is 2. The van der Waals surface area contributed by atoms with Crippen molar-refractivity contribution < 1.29 is 14.3 Å². The molecule has 0 radical (unpaired) electrons. The summed E-state index contributed by atoms with van der Waals surface area (Å²) in [5.74, 6) is 1.37. The lowest BCUT2D eigenvalue weighted by Crippen LogP contribution is -2.21. The fourth-order valence-electron chi connectivity index (χ4n) is 2.46. The van der Waals surface area contributed by atoms with Crippen LogP contribution in [-0.4, -0.2) is 23.1 Å². The van der Waals surface area contributed by atoms with Gasteiger partial charge in [0, 0.05) is 5.69 Å². The monoisotopic (exact) mass is 364 g/mol. The number of nitrogens with one attached hydrogen (secondary N) is 2. The fourth-order valence-corrected chi connectivity index (χ4v) is 2.46. The van der Waals surface area contributed by atoms with E-state index in [1.807, 2.05) is 30.3 Å². The SMILES string of the molecule is COc1ccc(NC(=O)Nc2c(C)nc(Oc3ccccc3)nc2C)cc1. The van der Waals surface area contributed by atoms with Crippen molar-refractivity contribution in [2.24, 2.45) is 0 Å². The Bertz CT molecular complexity index is 905. The van der Waals surface area contributed by atoms with E-state index in [4.69, 9.17) is 9.47 Å². The topological polar surface area (TPSA) is 85.4 Å². The lowest BCUT2D eigenvalue weighted by molar-refractivity contribution is 0.262. The quantitative estimate of drug-likeness (QED) is 0.694. The summed E-state index contributed by atoms with van der Waals surface area (Å²) in [4.78, 5) is 20.9. The van der Waals surface area contributed by atoms with Gasteiger partial charge in [-0.05, 0) is 50.2 Å². The van der Waals surface area contributed by atoms with Crippen molar-refractivity contribution in [1.82, 2.24) is 9.97 Å². The summed E-state index contributed by atoms with van der Waals surface area (Å²) >= 11 is 0. The summed E-state index contributed by atoms with van der Waals surface area (Å²) in [6.45, 7) is 3.57. The van der Waals surface area contributed by atoms with Gasteiger partial charge >= 0.3 is 12.0 Å². The molecule has 0 fully saturated rings. The highest BCUT2D eigenvalue weighted by atomic mass is 16.5. The van der Waals surface area contributed by atoms with Gasteiger partial charge in [0.1, 0.15) is 11.5 Å². The molecular formula is C20H20N4O3. The molecule has 1 aromatic heterocycles. The van der Waals surface area contributed by atoms with Gasteiger partial charge in [0.05, 0.1) is 24.2 Å². The van der Waals surface area contributed by atoms with E-state index in [0.717, 1.165) is 5.75 Å². The molecule has 2 N–H and O–H groups in total. The van der Waals surface area contributed by atoms with Gasteiger partial charge in [-0.2, -0.15) is 9.97 Å². The Hall–Kier alpha value is -3.61. The molecule has 7 nitrogen and oxygen atoms in total. The van der Waals surface area contributed by atoms with Gasteiger partial charge < -0.3 is 20.1 Å². The molecule has 7 heteroatoms. The van der Waals surface area contributed by atoms with Crippen LogP contribution in [0, 0.1) is 13.8 Å². The zero-order valence-electron chi connectivity index (χ0n) is 15.3. The molecule has 3 aromatic rings. The van der Waals surface area contributed by atoms with Crippen LogP contribution in [0.15, 0.2) is 54.6 Å². The maximum Gasteiger partial charge on any atom is 0.323 e. The first-order chi connectivity index (χ1) is 13.0. The number of aryl methyl sites for hydroxylation is 2. The standard InChI is InChI=1S/C20H20N4O3/c1-13-18(24-19(25)23-15-9-11-16(26-3)12-10-15)14(2)22-20(21-13)27-17-7-5-4-6-8-17/h4-12H,1-3H3,(H2,23,24,25). The molecule has 27 heavy (non-hydrogen) atoms. The minimum Gasteiger partial charge on any atom is -0.497 e.